The number of Topliss-reactive ketones (excluding diaryl/α,β-unsaturated/α-hetero) is 1. The van der Waals surface area contributed by atoms with Gasteiger partial charge in [0.15, 0.2) is 5.78 Å². The van der Waals surface area contributed by atoms with Crippen LogP contribution in [0.15, 0.2) is 54.6 Å². The molecule has 0 radical (unpaired) electrons. The lowest BCUT2D eigenvalue weighted by Crippen LogP contribution is -2.14. The summed E-state index contributed by atoms with van der Waals surface area (Å²) in [4.78, 5) is 23.1. The number of carboxylic acids is 1. The molecule has 0 aliphatic carbocycles. The molecule has 1 atom stereocenters. The standard InChI is InChI=1S/C23H26O3/c1-16(24)19-9-7-18(8-10-19)15-21(22(25)26)20-11-5-17(6-12-20)13-14-23(2,3)4/h5-14,21H,15H2,1-4H3,(H,25,26)/b14-13+. The summed E-state index contributed by atoms with van der Waals surface area (Å²) in [7, 11) is 0. The SMILES string of the molecule is CC(=O)c1ccc(CC(C(=O)O)c2ccc(/C=C/C(C)(C)C)cc2)cc1. The maximum absolute atomic E-state index is 11.8. The maximum Gasteiger partial charge on any atom is 0.311 e. The minimum Gasteiger partial charge on any atom is -0.481 e. The number of carbonyl (C=O) groups excluding carboxylic acids is 1. The monoisotopic (exact) mass is 350 g/mol. The number of aliphatic carboxylic acids is 1. The summed E-state index contributed by atoms with van der Waals surface area (Å²) in [6.07, 6.45) is 4.58. The Morgan fingerprint density at radius 2 is 1.58 bits per heavy atom. The first-order valence-corrected chi connectivity index (χ1v) is 8.77. The number of hydrogen-bond donors (Lipinski definition) is 1. The second kappa shape index (κ2) is 8.13. The van der Waals surface area contributed by atoms with Crippen LogP contribution in [0.5, 0.6) is 0 Å². The molecule has 136 valence electrons. The Morgan fingerprint density at radius 1 is 1.00 bits per heavy atom. The summed E-state index contributed by atoms with van der Waals surface area (Å²) in [5, 5.41) is 9.64. The van der Waals surface area contributed by atoms with Gasteiger partial charge in [0.2, 0.25) is 0 Å². The largest absolute Gasteiger partial charge is 0.481 e. The van der Waals surface area contributed by atoms with E-state index in [4.69, 9.17) is 0 Å². The first-order valence-electron chi connectivity index (χ1n) is 8.77. The van der Waals surface area contributed by atoms with Crippen LogP contribution < -0.4 is 0 Å². The van der Waals surface area contributed by atoms with Gasteiger partial charge in [-0.1, -0.05) is 81.5 Å². The number of carbonyl (C=O) groups is 2. The third-order valence-electron chi connectivity index (χ3n) is 4.21. The van der Waals surface area contributed by atoms with Gasteiger partial charge in [-0.2, -0.15) is 0 Å². The fraction of sp³-hybridized carbons (Fsp3) is 0.304. The zero-order valence-corrected chi connectivity index (χ0v) is 15.8. The molecule has 0 heterocycles. The van der Waals surface area contributed by atoms with E-state index in [2.05, 4.69) is 32.9 Å². The maximum atomic E-state index is 11.8. The molecule has 1 unspecified atom stereocenters. The molecule has 2 aromatic rings. The number of carboxylic acid groups (broad SMARTS) is 1. The molecule has 1 N–H and O–H groups in total. The molecule has 0 aliphatic heterocycles. The van der Waals surface area contributed by atoms with E-state index in [0.29, 0.717) is 12.0 Å². The van der Waals surface area contributed by atoms with Crippen molar-refractivity contribution in [2.75, 3.05) is 0 Å². The van der Waals surface area contributed by atoms with Gasteiger partial charge in [0.25, 0.3) is 0 Å². The van der Waals surface area contributed by atoms with Crippen LogP contribution in [0.2, 0.25) is 0 Å². The van der Waals surface area contributed by atoms with Gasteiger partial charge in [0.1, 0.15) is 0 Å². The predicted molar refractivity (Wildman–Crippen MR) is 105 cm³/mol. The predicted octanol–water partition coefficient (Wildman–Crippen LogP) is 5.36. The Morgan fingerprint density at radius 3 is 2.04 bits per heavy atom. The first kappa shape index (κ1) is 19.6. The molecule has 0 amide bonds. The molecule has 0 saturated heterocycles. The molecule has 3 nitrogen and oxygen atoms in total. The van der Waals surface area contributed by atoms with E-state index < -0.39 is 11.9 Å². The van der Waals surface area contributed by atoms with Gasteiger partial charge in [0.05, 0.1) is 5.92 Å². The molecule has 0 spiro atoms. The third kappa shape index (κ3) is 5.69. The molecular weight excluding hydrogens is 324 g/mol. The van der Waals surface area contributed by atoms with Crippen molar-refractivity contribution in [1.82, 2.24) is 0 Å². The van der Waals surface area contributed by atoms with Gasteiger partial charge in [-0.15, -0.1) is 0 Å². The highest BCUT2D eigenvalue weighted by Crippen LogP contribution is 2.23. The summed E-state index contributed by atoms with van der Waals surface area (Å²) >= 11 is 0. The van der Waals surface area contributed by atoms with E-state index in [1.807, 2.05) is 36.4 Å². The quantitative estimate of drug-likeness (QED) is 0.714. The lowest BCUT2D eigenvalue weighted by Gasteiger charge is -2.14. The number of benzene rings is 2. The lowest BCUT2D eigenvalue weighted by atomic mass is 9.90. The Hall–Kier alpha value is -2.68. The van der Waals surface area contributed by atoms with Crippen molar-refractivity contribution < 1.29 is 14.7 Å². The highest BCUT2D eigenvalue weighted by Gasteiger charge is 2.20. The van der Waals surface area contributed by atoms with Crippen molar-refractivity contribution in [2.24, 2.45) is 5.41 Å². The Balaban J connectivity index is 2.18. The zero-order valence-electron chi connectivity index (χ0n) is 15.8. The lowest BCUT2D eigenvalue weighted by molar-refractivity contribution is -0.138. The van der Waals surface area contributed by atoms with E-state index in [-0.39, 0.29) is 11.2 Å². The fourth-order valence-corrected chi connectivity index (χ4v) is 2.64. The topological polar surface area (TPSA) is 54.4 Å². The number of allylic oxidation sites excluding steroid dienone is 1. The molecule has 2 rings (SSSR count). The zero-order chi connectivity index (χ0) is 19.3. The normalized spacial score (nSPS) is 12.9. The van der Waals surface area contributed by atoms with Gasteiger partial charge in [-0.25, -0.2) is 0 Å². The van der Waals surface area contributed by atoms with Crippen molar-refractivity contribution in [2.45, 2.75) is 40.0 Å². The smallest absolute Gasteiger partial charge is 0.311 e. The highest BCUT2D eigenvalue weighted by atomic mass is 16.4. The summed E-state index contributed by atoms with van der Waals surface area (Å²) in [6.45, 7) is 7.92. The van der Waals surface area contributed by atoms with E-state index in [1.54, 1.807) is 12.1 Å². The average Bonchev–Trinajstić information content (AvgIpc) is 2.58. The van der Waals surface area contributed by atoms with E-state index >= 15 is 0 Å². The van der Waals surface area contributed by atoms with Crippen LogP contribution in [-0.4, -0.2) is 16.9 Å². The Labute approximate surface area is 155 Å². The van der Waals surface area contributed by atoms with Crippen molar-refractivity contribution in [3.63, 3.8) is 0 Å². The van der Waals surface area contributed by atoms with Crippen molar-refractivity contribution in [1.29, 1.82) is 0 Å². The summed E-state index contributed by atoms with van der Waals surface area (Å²) in [5.41, 5.74) is 3.48. The minimum absolute atomic E-state index is 0.00485. The van der Waals surface area contributed by atoms with Crippen molar-refractivity contribution >= 4 is 17.8 Å². The van der Waals surface area contributed by atoms with Gasteiger partial charge in [0, 0.05) is 5.56 Å². The Kier molecular flexibility index (Phi) is 6.14. The highest BCUT2D eigenvalue weighted by molar-refractivity contribution is 5.94. The number of ketones is 1. The summed E-state index contributed by atoms with van der Waals surface area (Å²) < 4.78 is 0. The van der Waals surface area contributed by atoms with E-state index in [9.17, 15) is 14.7 Å². The van der Waals surface area contributed by atoms with Crippen LogP contribution in [0, 0.1) is 5.41 Å². The van der Waals surface area contributed by atoms with E-state index in [0.717, 1.165) is 16.7 Å². The molecule has 0 aromatic heterocycles. The van der Waals surface area contributed by atoms with Crippen LogP contribution in [0.3, 0.4) is 0 Å². The number of rotatable bonds is 6. The van der Waals surface area contributed by atoms with Crippen LogP contribution >= 0.6 is 0 Å². The van der Waals surface area contributed by atoms with Gasteiger partial charge < -0.3 is 5.11 Å². The second-order valence-electron chi connectivity index (χ2n) is 7.71. The Bertz CT molecular complexity index is 791. The molecule has 3 heteroatoms. The molecular formula is C23H26O3. The van der Waals surface area contributed by atoms with Crippen molar-refractivity contribution in [3.05, 3.63) is 76.9 Å². The average molecular weight is 350 g/mol. The molecule has 0 saturated carbocycles. The minimum atomic E-state index is -0.848. The van der Waals surface area contributed by atoms with Gasteiger partial charge in [-0.3, -0.25) is 9.59 Å². The van der Waals surface area contributed by atoms with Crippen molar-refractivity contribution in [3.8, 4) is 0 Å². The summed E-state index contributed by atoms with van der Waals surface area (Å²) in [5.74, 6) is -1.46. The second-order valence-corrected chi connectivity index (χ2v) is 7.71. The van der Waals surface area contributed by atoms with E-state index in [1.165, 1.54) is 6.92 Å². The van der Waals surface area contributed by atoms with Crippen LogP contribution in [0.1, 0.15) is 60.7 Å². The van der Waals surface area contributed by atoms with Crippen LogP contribution in [-0.2, 0) is 11.2 Å². The molecule has 0 bridgehead atoms. The molecule has 0 fully saturated rings. The van der Waals surface area contributed by atoms with Crippen LogP contribution in [0.25, 0.3) is 6.08 Å². The fourth-order valence-electron chi connectivity index (χ4n) is 2.64. The molecule has 2 aromatic carbocycles. The van der Waals surface area contributed by atoms with Gasteiger partial charge in [-0.05, 0) is 35.4 Å². The number of hydrogen-bond acceptors (Lipinski definition) is 2. The summed E-state index contributed by atoms with van der Waals surface area (Å²) in [6, 6.07) is 14.8. The van der Waals surface area contributed by atoms with Gasteiger partial charge >= 0.3 is 5.97 Å². The first-order chi connectivity index (χ1) is 12.2. The molecule has 26 heavy (non-hydrogen) atoms. The third-order valence-corrected chi connectivity index (χ3v) is 4.21. The molecule has 0 aliphatic rings. The van der Waals surface area contributed by atoms with Crippen LogP contribution in [0.4, 0.5) is 0 Å².